The lowest BCUT2D eigenvalue weighted by Crippen LogP contribution is -2.56. The number of benzene rings is 1. The van der Waals surface area contributed by atoms with Crippen molar-refractivity contribution in [3.05, 3.63) is 35.4 Å². The number of rotatable bonds is 6. The summed E-state index contributed by atoms with van der Waals surface area (Å²) in [6.07, 6.45) is 3.39. The number of hydrogen-bond acceptors (Lipinski definition) is 4. The number of carbonyl (C=O) groups excluding carboxylic acids is 2. The number of amides is 3. The molecule has 160 valence electrons. The number of urea groups is 1. The maximum atomic E-state index is 12.5. The third-order valence-corrected chi connectivity index (χ3v) is 5.85. The van der Waals surface area contributed by atoms with Crippen LogP contribution in [0.3, 0.4) is 0 Å². The van der Waals surface area contributed by atoms with Crippen molar-refractivity contribution < 1.29 is 14.3 Å². The summed E-state index contributed by atoms with van der Waals surface area (Å²) in [6.45, 7) is 10.2. The quantitative estimate of drug-likeness (QED) is 0.765. The second-order valence-corrected chi connectivity index (χ2v) is 8.50. The lowest BCUT2D eigenvalue weighted by molar-refractivity contribution is -0.00874. The van der Waals surface area contributed by atoms with E-state index in [1.807, 2.05) is 29.2 Å². The van der Waals surface area contributed by atoms with Gasteiger partial charge in [-0.1, -0.05) is 12.1 Å². The predicted molar refractivity (Wildman–Crippen MR) is 113 cm³/mol. The molecule has 3 rings (SSSR count). The molecule has 2 fully saturated rings. The van der Waals surface area contributed by atoms with Crippen molar-refractivity contribution in [1.29, 1.82) is 0 Å². The molecule has 7 heteroatoms. The molecule has 1 aromatic rings. The summed E-state index contributed by atoms with van der Waals surface area (Å²) in [6, 6.07) is 7.35. The Hall–Kier alpha value is -2.12. The molecular weight excluding hydrogens is 368 g/mol. The van der Waals surface area contributed by atoms with Crippen LogP contribution in [0.1, 0.15) is 49.0 Å². The van der Waals surface area contributed by atoms with Gasteiger partial charge < -0.3 is 20.3 Å². The van der Waals surface area contributed by atoms with Gasteiger partial charge in [0, 0.05) is 50.4 Å². The van der Waals surface area contributed by atoms with Crippen LogP contribution in [0, 0.1) is 0 Å². The largest absolute Gasteiger partial charge is 0.379 e. The molecule has 29 heavy (non-hydrogen) atoms. The van der Waals surface area contributed by atoms with Crippen LogP contribution in [-0.2, 0) is 11.3 Å². The fourth-order valence-corrected chi connectivity index (χ4v) is 3.87. The summed E-state index contributed by atoms with van der Waals surface area (Å²) in [5.74, 6) is 0.104. The summed E-state index contributed by atoms with van der Waals surface area (Å²) < 4.78 is 5.40. The first-order valence-electron chi connectivity index (χ1n) is 10.7. The third kappa shape index (κ3) is 6.18. The Morgan fingerprint density at radius 2 is 1.62 bits per heavy atom. The Morgan fingerprint density at radius 1 is 0.966 bits per heavy atom. The number of nitrogens with zero attached hydrogens (tertiary/aromatic N) is 2. The first kappa shape index (κ1) is 21.6. The van der Waals surface area contributed by atoms with Gasteiger partial charge in [-0.25, -0.2) is 4.79 Å². The number of nitrogens with one attached hydrogen (secondary N) is 2. The van der Waals surface area contributed by atoms with Gasteiger partial charge in [0.25, 0.3) is 5.91 Å². The highest BCUT2D eigenvalue weighted by Crippen LogP contribution is 2.15. The van der Waals surface area contributed by atoms with Crippen molar-refractivity contribution in [3.8, 4) is 0 Å². The van der Waals surface area contributed by atoms with Crippen LogP contribution in [-0.4, -0.2) is 73.2 Å². The first-order chi connectivity index (χ1) is 14.0. The molecule has 0 aliphatic carbocycles. The van der Waals surface area contributed by atoms with E-state index in [1.54, 1.807) is 0 Å². The molecule has 0 saturated carbocycles. The Morgan fingerprint density at radius 3 is 2.28 bits per heavy atom. The van der Waals surface area contributed by atoms with Gasteiger partial charge in [-0.05, 0) is 50.8 Å². The number of likely N-dealkylation sites (tertiary alicyclic amines) is 1. The summed E-state index contributed by atoms with van der Waals surface area (Å²) in [5, 5.41) is 5.87. The molecule has 2 saturated heterocycles. The Kier molecular flexibility index (Phi) is 7.50. The van der Waals surface area contributed by atoms with E-state index >= 15 is 0 Å². The summed E-state index contributed by atoms with van der Waals surface area (Å²) in [5.41, 5.74) is 1.58. The highest BCUT2D eigenvalue weighted by atomic mass is 16.5. The zero-order valence-electron chi connectivity index (χ0n) is 17.7. The van der Waals surface area contributed by atoms with E-state index < -0.39 is 0 Å². The number of ether oxygens (including phenoxy) is 1. The molecule has 0 aromatic heterocycles. The monoisotopic (exact) mass is 402 g/mol. The van der Waals surface area contributed by atoms with Crippen molar-refractivity contribution in [3.63, 3.8) is 0 Å². The Balaban J connectivity index is 1.42. The van der Waals surface area contributed by atoms with Crippen LogP contribution in [0.4, 0.5) is 4.79 Å². The Bertz CT molecular complexity index is 678. The van der Waals surface area contributed by atoms with E-state index in [0.717, 1.165) is 57.8 Å². The van der Waals surface area contributed by atoms with Gasteiger partial charge in [-0.15, -0.1) is 0 Å². The van der Waals surface area contributed by atoms with Gasteiger partial charge >= 0.3 is 6.03 Å². The van der Waals surface area contributed by atoms with E-state index in [2.05, 4.69) is 29.4 Å². The third-order valence-electron chi connectivity index (χ3n) is 5.85. The highest BCUT2D eigenvalue weighted by molar-refractivity contribution is 5.94. The predicted octanol–water partition coefficient (Wildman–Crippen LogP) is 2.22. The van der Waals surface area contributed by atoms with Crippen LogP contribution < -0.4 is 10.6 Å². The molecule has 2 aliphatic heterocycles. The van der Waals surface area contributed by atoms with Crippen molar-refractivity contribution in [2.45, 2.75) is 45.2 Å². The fourth-order valence-electron chi connectivity index (χ4n) is 3.87. The smallest absolute Gasteiger partial charge is 0.315 e. The number of hydrogen-bond donors (Lipinski definition) is 2. The zero-order chi connectivity index (χ0) is 20.7. The second kappa shape index (κ2) is 10.1. The molecule has 7 nitrogen and oxygen atoms in total. The van der Waals surface area contributed by atoms with Gasteiger partial charge in [0.05, 0.1) is 13.2 Å². The molecule has 0 atom stereocenters. The van der Waals surface area contributed by atoms with E-state index in [9.17, 15) is 9.59 Å². The van der Waals surface area contributed by atoms with E-state index in [1.165, 1.54) is 6.42 Å². The van der Waals surface area contributed by atoms with Crippen LogP contribution in [0.15, 0.2) is 24.3 Å². The molecule has 0 bridgehead atoms. The minimum absolute atomic E-state index is 0.104. The summed E-state index contributed by atoms with van der Waals surface area (Å²) in [7, 11) is 0. The highest BCUT2D eigenvalue weighted by Gasteiger charge is 2.28. The molecule has 1 aromatic carbocycles. The van der Waals surface area contributed by atoms with Crippen molar-refractivity contribution in [2.75, 3.05) is 45.9 Å². The molecule has 2 aliphatic rings. The maximum Gasteiger partial charge on any atom is 0.315 e. The minimum Gasteiger partial charge on any atom is -0.379 e. The van der Waals surface area contributed by atoms with E-state index in [0.29, 0.717) is 18.7 Å². The number of carbonyl (C=O) groups is 2. The van der Waals surface area contributed by atoms with E-state index in [-0.39, 0.29) is 17.5 Å². The molecule has 2 heterocycles. The maximum absolute atomic E-state index is 12.5. The lowest BCUT2D eigenvalue weighted by atomic mass is 10.0. The van der Waals surface area contributed by atoms with Gasteiger partial charge in [0.2, 0.25) is 0 Å². The number of piperidine rings is 1. The van der Waals surface area contributed by atoms with Gasteiger partial charge in [0.15, 0.2) is 0 Å². The Labute approximate surface area is 173 Å². The summed E-state index contributed by atoms with van der Waals surface area (Å²) >= 11 is 0. The molecule has 3 amide bonds. The van der Waals surface area contributed by atoms with Crippen molar-refractivity contribution in [1.82, 2.24) is 20.4 Å². The first-order valence-corrected chi connectivity index (χ1v) is 10.7. The van der Waals surface area contributed by atoms with Crippen LogP contribution in [0.2, 0.25) is 0 Å². The van der Waals surface area contributed by atoms with Crippen molar-refractivity contribution >= 4 is 11.9 Å². The standard InChI is InChI=1S/C22H34N4O3/c1-22(2,26-12-14-29-15-13-26)17-24-21(28)23-16-18-6-8-19(9-7-18)20(27)25-10-4-3-5-11-25/h6-9H,3-5,10-17H2,1-2H3,(H2,23,24,28). The zero-order valence-corrected chi connectivity index (χ0v) is 17.7. The molecule has 0 radical (unpaired) electrons. The van der Waals surface area contributed by atoms with Crippen molar-refractivity contribution in [2.24, 2.45) is 0 Å². The molecule has 0 spiro atoms. The second-order valence-electron chi connectivity index (χ2n) is 8.50. The lowest BCUT2D eigenvalue weighted by Gasteiger charge is -2.40. The average molecular weight is 403 g/mol. The topological polar surface area (TPSA) is 73.9 Å². The van der Waals surface area contributed by atoms with Crippen LogP contribution >= 0.6 is 0 Å². The average Bonchev–Trinajstić information content (AvgIpc) is 2.77. The van der Waals surface area contributed by atoms with Crippen LogP contribution in [0.5, 0.6) is 0 Å². The molecule has 0 unspecified atom stereocenters. The summed E-state index contributed by atoms with van der Waals surface area (Å²) in [4.78, 5) is 29.0. The van der Waals surface area contributed by atoms with Gasteiger partial charge in [0.1, 0.15) is 0 Å². The number of morpholine rings is 1. The van der Waals surface area contributed by atoms with E-state index in [4.69, 9.17) is 4.74 Å². The molecular formula is C22H34N4O3. The normalized spacial score (nSPS) is 18.3. The van der Waals surface area contributed by atoms with Gasteiger partial charge in [-0.2, -0.15) is 0 Å². The SMILES string of the molecule is CC(C)(CNC(=O)NCc1ccc(C(=O)N2CCCCC2)cc1)N1CCOCC1. The minimum atomic E-state index is -0.181. The van der Waals surface area contributed by atoms with Gasteiger partial charge in [-0.3, -0.25) is 9.69 Å². The fraction of sp³-hybridized carbons (Fsp3) is 0.636. The van der Waals surface area contributed by atoms with Crippen LogP contribution in [0.25, 0.3) is 0 Å². The molecule has 2 N–H and O–H groups in total.